The van der Waals surface area contributed by atoms with Crippen LogP contribution in [0.3, 0.4) is 0 Å². The molecule has 166 valence electrons. The maximum atomic E-state index is 13.2. The maximum absolute atomic E-state index is 13.2. The summed E-state index contributed by atoms with van der Waals surface area (Å²) in [6, 6.07) is 7.22. The number of nitrogens with one attached hydrogen (secondary N) is 2. The minimum Gasteiger partial charge on any atom is -0.366 e. The maximum Gasteiger partial charge on any atom is 0.276 e. The Hall–Kier alpha value is -1.98. The van der Waals surface area contributed by atoms with Gasteiger partial charge in [-0.15, -0.1) is 0 Å². The van der Waals surface area contributed by atoms with Crippen molar-refractivity contribution in [3.8, 4) is 11.1 Å². The van der Waals surface area contributed by atoms with Crippen LogP contribution in [0.4, 0.5) is 5.82 Å². The summed E-state index contributed by atoms with van der Waals surface area (Å²) in [6.07, 6.45) is 10.0. The number of halogens is 2. The third-order valence-corrected chi connectivity index (χ3v) is 8.79. The zero-order chi connectivity index (χ0) is 21.6. The van der Waals surface area contributed by atoms with E-state index in [1.165, 1.54) is 43.0 Å². The van der Waals surface area contributed by atoms with Crippen molar-refractivity contribution in [3.05, 3.63) is 50.4 Å². The molecule has 0 saturated heterocycles. The molecule has 0 amide bonds. The highest BCUT2D eigenvalue weighted by molar-refractivity contribution is 6.36. The lowest BCUT2D eigenvalue weighted by Crippen LogP contribution is -2.55. The highest BCUT2D eigenvalue weighted by atomic mass is 35.5. The second-order valence-corrected chi connectivity index (χ2v) is 11.6. The lowest BCUT2D eigenvalue weighted by molar-refractivity contribution is 0.0105. The summed E-state index contributed by atoms with van der Waals surface area (Å²) in [5.74, 6) is 3.69. The zero-order valence-corrected chi connectivity index (χ0v) is 19.3. The van der Waals surface area contributed by atoms with Crippen molar-refractivity contribution in [3.63, 3.8) is 0 Å². The Morgan fingerprint density at radius 2 is 1.72 bits per heavy atom. The fraction of sp³-hybridized carbons (Fsp3) is 0.520. The summed E-state index contributed by atoms with van der Waals surface area (Å²) < 4.78 is 1.51. The highest BCUT2D eigenvalue weighted by Crippen LogP contribution is 2.56. The lowest BCUT2D eigenvalue weighted by Gasteiger charge is -2.57. The number of H-pyrrole nitrogens is 1. The average Bonchev–Trinajstić information content (AvgIpc) is 3.48. The Balaban J connectivity index is 1.36. The van der Waals surface area contributed by atoms with Crippen LogP contribution in [0.15, 0.2) is 29.1 Å². The van der Waals surface area contributed by atoms with Crippen LogP contribution in [0.5, 0.6) is 0 Å². The normalized spacial score (nSPS) is 30.9. The van der Waals surface area contributed by atoms with E-state index in [1.54, 1.807) is 12.1 Å². The summed E-state index contributed by atoms with van der Waals surface area (Å²) in [6.45, 7) is 0. The molecule has 2 heterocycles. The topological polar surface area (TPSA) is 62.2 Å². The molecular formula is C25H26Cl2N4O. The van der Waals surface area contributed by atoms with E-state index in [0.29, 0.717) is 16.0 Å². The minimum absolute atomic E-state index is 0.107. The first-order valence-corrected chi connectivity index (χ1v) is 12.6. The second kappa shape index (κ2) is 6.77. The molecule has 4 bridgehead atoms. The molecule has 0 atom stereocenters. The molecule has 2 aromatic heterocycles. The van der Waals surface area contributed by atoms with Gasteiger partial charge < -0.3 is 10.3 Å². The fourth-order valence-corrected chi connectivity index (χ4v) is 7.78. The Bertz CT molecular complexity index is 1270. The number of benzene rings is 1. The van der Waals surface area contributed by atoms with Crippen molar-refractivity contribution in [2.45, 2.75) is 62.8 Å². The molecular weight excluding hydrogens is 443 g/mol. The van der Waals surface area contributed by atoms with E-state index in [9.17, 15) is 4.79 Å². The molecule has 1 aromatic carbocycles. The van der Waals surface area contributed by atoms with Gasteiger partial charge >= 0.3 is 0 Å². The Morgan fingerprint density at radius 3 is 2.34 bits per heavy atom. The molecule has 5 fully saturated rings. The number of fused-ring (bicyclic) bond motifs is 1. The van der Waals surface area contributed by atoms with E-state index in [4.69, 9.17) is 28.3 Å². The van der Waals surface area contributed by atoms with Gasteiger partial charge in [0, 0.05) is 33.7 Å². The number of rotatable bonds is 4. The molecule has 3 aromatic rings. The van der Waals surface area contributed by atoms with Gasteiger partial charge in [0.05, 0.1) is 10.7 Å². The van der Waals surface area contributed by atoms with Crippen LogP contribution < -0.4 is 10.9 Å². The summed E-state index contributed by atoms with van der Waals surface area (Å²) in [4.78, 5) is 16.7. The van der Waals surface area contributed by atoms with Crippen molar-refractivity contribution in [2.24, 2.45) is 17.8 Å². The van der Waals surface area contributed by atoms with Crippen molar-refractivity contribution in [1.29, 1.82) is 0 Å². The zero-order valence-electron chi connectivity index (χ0n) is 17.8. The van der Waals surface area contributed by atoms with E-state index in [-0.39, 0.29) is 11.1 Å². The standard InChI is InChI=1S/C25H26Cl2N4O/c26-17-3-4-18(19(27)8-17)22-23(16-1-2-16)30-31-21(32)9-20(28-24(22)31)29-25-10-13-5-14(11-25)7-15(6-13)12-25/h3-4,8-9,13-16,28-29H,1-2,5-7,10-12H2. The first-order chi connectivity index (χ1) is 15.5. The van der Waals surface area contributed by atoms with Crippen molar-refractivity contribution >= 4 is 34.7 Å². The molecule has 0 spiro atoms. The summed E-state index contributed by atoms with van der Waals surface area (Å²) in [5, 5.41) is 9.74. The van der Waals surface area contributed by atoms with Crippen molar-refractivity contribution < 1.29 is 0 Å². The van der Waals surface area contributed by atoms with E-state index in [0.717, 1.165) is 58.9 Å². The van der Waals surface area contributed by atoms with Gasteiger partial charge in [-0.3, -0.25) is 4.79 Å². The van der Waals surface area contributed by atoms with Gasteiger partial charge in [-0.25, -0.2) is 0 Å². The quantitative estimate of drug-likeness (QED) is 0.475. The summed E-state index contributed by atoms with van der Waals surface area (Å²) >= 11 is 12.8. The molecule has 32 heavy (non-hydrogen) atoms. The van der Waals surface area contributed by atoms with E-state index < -0.39 is 0 Å². The third-order valence-electron chi connectivity index (χ3n) is 8.24. The smallest absolute Gasteiger partial charge is 0.276 e. The van der Waals surface area contributed by atoms with Crippen LogP contribution >= 0.6 is 23.2 Å². The monoisotopic (exact) mass is 468 g/mol. The molecule has 0 radical (unpaired) electrons. The number of hydrogen-bond donors (Lipinski definition) is 2. The Labute approximate surface area is 196 Å². The molecule has 5 nitrogen and oxygen atoms in total. The number of aromatic nitrogens is 3. The van der Waals surface area contributed by atoms with Crippen molar-refractivity contribution in [1.82, 2.24) is 14.6 Å². The number of hydrogen-bond acceptors (Lipinski definition) is 3. The van der Waals surface area contributed by atoms with Gasteiger partial charge in [-0.1, -0.05) is 29.3 Å². The van der Waals surface area contributed by atoms with Gasteiger partial charge in [-0.05, 0) is 81.3 Å². The predicted octanol–water partition coefficient (Wildman–Crippen LogP) is 6.25. The third kappa shape index (κ3) is 3.04. The Morgan fingerprint density at radius 1 is 1.03 bits per heavy atom. The highest BCUT2D eigenvalue weighted by Gasteiger charge is 2.51. The van der Waals surface area contributed by atoms with Gasteiger partial charge in [-0.2, -0.15) is 9.61 Å². The van der Waals surface area contributed by atoms with Gasteiger partial charge in [0.25, 0.3) is 5.56 Å². The molecule has 5 aliphatic rings. The average molecular weight is 469 g/mol. The molecule has 0 aliphatic heterocycles. The molecule has 0 unspecified atom stereocenters. The fourth-order valence-electron chi connectivity index (χ4n) is 7.28. The SMILES string of the molecule is O=c1cc(NC23CC4CC(CC(C4)C2)C3)[nH]c2c(-c3ccc(Cl)cc3Cl)c(C3CC3)nn12. The van der Waals surface area contributed by atoms with Crippen LogP contribution in [0.2, 0.25) is 10.0 Å². The second-order valence-electron chi connectivity index (χ2n) is 10.8. The van der Waals surface area contributed by atoms with Crippen LogP contribution in [0, 0.1) is 17.8 Å². The first-order valence-electron chi connectivity index (χ1n) is 11.9. The van der Waals surface area contributed by atoms with Crippen LogP contribution in [0.25, 0.3) is 16.8 Å². The molecule has 2 N–H and O–H groups in total. The number of aromatic amines is 1. The van der Waals surface area contributed by atoms with E-state index in [1.807, 2.05) is 12.1 Å². The number of nitrogens with zero attached hydrogens (tertiary/aromatic N) is 2. The molecule has 7 heteroatoms. The van der Waals surface area contributed by atoms with E-state index >= 15 is 0 Å². The minimum atomic E-state index is -0.107. The van der Waals surface area contributed by atoms with Gasteiger partial charge in [0.1, 0.15) is 11.5 Å². The molecule has 8 rings (SSSR count). The predicted molar refractivity (Wildman–Crippen MR) is 128 cm³/mol. The van der Waals surface area contributed by atoms with Gasteiger partial charge in [0.2, 0.25) is 0 Å². The Kier molecular flexibility index (Phi) is 4.12. The largest absolute Gasteiger partial charge is 0.366 e. The first kappa shape index (κ1) is 19.5. The van der Waals surface area contributed by atoms with E-state index in [2.05, 4.69) is 10.3 Å². The van der Waals surface area contributed by atoms with Crippen molar-refractivity contribution in [2.75, 3.05) is 5.32 Å². The number of anilines is 1. The lowest BCUT2D eigenvalue weighted by atomic mass is 9.53. The molecule has 5 aliphatic carbocycles. The van der Waals surface area contributed by atoms with Crippen LogP contribution in [-0.2, 0) is 0 Å². The van der Waals surface area contributed by atoms with Crippen LogP contribution in [0.1, 0.15) is 63.0 Å². The van der Waals surface area contributed by atoms with Crippen LogP contribution in [-0.4, -0.2) is 20.1 Å². The van der Waals surface area contributed by atoms with Gasteiger partial charge in [0.15, 0.2) is 0 Å². The summed E-state index contributed by atoms with van der Waals surface area (Å²) in [5.41, 5.74) is 3.48. The molecule has 5 saturated carbocycles. The summed E-state index contributed by atoms with van der Waals surface area (Å²) in [7, 11) is 0.